The highest BCUT2D eigenvalue weighted by molar-refractivity contribution is 5.87. The van der Waals surface area contributed by atoms with E-state index in [2.05, 4.69) is 10.6 Å². The minimum atomic E-state index is -0.155. The Morgan fingerprint density at radius 3 is 2.00 bits per heavy atom. The molecule has 26 heavy (non-hydrogen) atoms. The Bertz CT molecular complexity index is 426. The molecule has 0 radical (unpaired) electrons. The van der Waals surface area contributed by atoms with Crippen LogP contribution in [0.1, 0.15) is 90.4 Å². The van der Waals surface area contributed by atoms with Crippen LogP contribution in [0.4, 0.5) is 0 Å². The highest BCUT2D eigenvalue weighted by Gasteiger charge is 2.24. The topological polar surface area (TPSA) is 58.2 Å². The molecule has 0 amide bonds. The maximum atomic E-state index is 12.6. The molecular weight excluding hydrogens is 324 g/mol. The van der Waals surface area contributed by atoms with Crippen molar-refractivity contribution >= 4 is 11.6 Å². The summed E-state index contributed by atoms with van der Waals surface area (Å²) in [6, 6.07) is -0.232. The average Bonchev–Trinajstić information content (AvgIpc) is 2.67. The van der Waals surface area contributed by atoms with Gasteiger partial charge in [-0.25, -0.2) is 0 Å². The van der Waals surface area contributed by atoms with Gasteiger partial charge in [-0.05, 0) is 45.1 Å². The van der Waals surface area contributed by atoms with Crippen LogP contribution in [-0.4, -0.2) is 37.2 Å². The quantitative estimate of drug-likeness (QED) is 0.581. The lowest BCUT2D eigenvalue weighted by Gasteiger charge is -2.27. The first-order valence-corrected chi connectivity index (χ1v) is 11.0. The summed E-state index contributed by atoms with van der Waals surface area (Å²) in [6.45, 7) is 1.97. The minimum Gasteiger partial charge on any atom is -0.311 e. The summed E-state index contributed by atoms with van der Waals surface area (Å²) in [7, 11) is 1.88. The molecule has 2 aliphatic rings. The van der Waals surface area contributed by atoms with E-state index >= 15 is 0 Å². The molecule has 2 saturated carbocycles. The molecule has 0 bridgehead atoms. The van der Waals surface area contributed by atoms with Gasteiger partial charge in [0.2, 0.25) is 0 Å². The maximum Gasteiger partial charge on any atom is 0.163 e. The second-order valence-corrected chi connectivity index (χ2v) is 8.67. The first kappa shape index (κ1) is 21.6. The lowest BCUT2D eigenvalue weighted by atomic mass is 9.84. The molecule has 150 valence electrons. The number of hydrogen-bond donors (Lipinski definition) is 2. The first-order chi connectivity index (χ1) is 12.6. The molecular formula is C22H40N2O2. The summed E-state index contributed by atoms with van der Waals surface area (Å²) in [4.78, 5) is 24.6. The van der Waals surface area contributed by atoms with Crippen LogP contribution in [0.25, 0.3) is 0 Å². The van der Waals surface area contributed by atoms with Gasteiger partial charge in [0.1, 0.15) is 5.78 Å². The normalized spacial score (nSPS) is 22.1. The number of Topliss-reactive ketones (excluding diaryl/α,β-unsaturated/α-hetero) is 2. The van der Waals surface area contributed by atoms with E-state index in [9.17, 15) is 9.59 Å². The number of rotatable bonds is 11. The van der Waals surface area contributed by atoms with Crippen molar-refractivity contribution in [3.8, 4) is 0 Å². The Morgan fingerprint density at radius 1 is 0.885 bits per heavy atom. The van der Waals surface area contributed by atoms with Crippen molar-refractivity contribution in [3.63, 3.8) is 0 Å². The van der Waals surface area contributed by atoms with Crippen molar-refractivity contribution in [1.29, 1.82) is 0 Å². The average molecular weight is 365 g/mol. The fraction of sp³-hybridized carbons (Fsp3) is 0.909. The Kier molecular flexibility index (Phi) is 9.84. The molecule has 0 saturated heterocycles. The van der Waals surface area contributed by atoms with Gasteiger partial charge in [-0.2, -0.15) is 0 Å². The standard InChI is InChI=1S/C22H40N2O2/c1-17(25)21(15-19-11-7-4-8-12-19)24-16-22(26)20(23-2)14-13-18-9-5-3-6-10-18/h18-21,23-24H,3-16H2,1-2H3/t20-,21-/m0/s1. The number of hydrogen-bond acceptors (Lipinski definition) is 4. The van der Waals surface area contributed by atoms with Crippen molar-refractivity contribution in [3.05, 3.63) is 0 Å². The Hall–Kier alpha value is -0.740. The van der Waals surface area contributed by atoms with E-state index in [-0.39, 0.29) is 23.7 Å². The van der Waals surface area contributed by atoms with Crippen LogP contribution in [0.3, 0.4) is 0 Å². The van der Waals surface area contributed by atoms with E-state index < -0.39 is 0 Å². The van der Waals surface area contributed by atoms with Gasteiger partial charge in [0.05, 0.1) is 18.6 Å². The van der Waals surface area contributed by atoms with E-state index in [1.165, 1.54) is 64.2 Å². The van der Waals surface area contributed by atoms with Crippen LogP contribution < -0.4 is 10.6 Å². The second-order valence-electron chi connectivity index (χ2n) is 8.67. The van der Waals surface area contributed by atoms with Crippen LogP contribution >= 0.6 is 0 Å². The third kappa shape index (κ3) is 7.48. The molecule has 2 aliphatic carbocycles. The van der Waals surface area contributed by atoms with Crippen LogP contribution in [0, 0.1) is 11.8 Å². The Balaban J connectivity index is 1.74. The minimum absolute atomic E-state index is 0.0771. The van der Waals surface area contributed by atoms with Gasteiger partial charge in [-0.1, -0.05) is 64.2 Å². The van der Waals surface area contributed by atoms with Gasteiger partial charge in [0.25, 0.3) is 0 Å². The van der Waals surface area contributed by atoms with Crippen LogP contribution in [-0.2, 0) is 9.59 Å². The summed E-state index contributed by atoms with van der Waals surface area (Å²) in [5.74, 6) is 1.83. The largest absolute Gasteiger partial charge is 0.311 e. The predicted molar refractivity (Wildman–Crippen MR) is 107 cm³/mol. The van der Waals surface area contributed by atoms with Crippen molar-refractivity contribution in [2.45, 2.75) is 102 Å². The van der Waals surface area contributed by atoms with E-state index in [1.54, 1.807) is 6.92 Å². The number of nitrogens with one attached hydrogen (secondary N) is 2. The predicted octanol–water partition coefficient (Wildman–Crippen LogP) is 4.02. The zero-order valence-electron chi connectivity index (χ0n) is 17.0. The molecule has 2 N–H and O–H groups in total. The maximum absolute atomic E-state index is 12.6. The van der Waals surface area contributed by atoms with Gasteiger partial charge in [-0.3, -0.25) is 9.59 Å². The van der Waals surface area contributed by atoms with Gasteiger partial charge in [0.15, 0.2) is 5.78 Å². The zero-order chi connectivity index (χ0) is 18.8. The molecule has 4 nitrogen and oxygen atoms in total. The number of ketones is 2. The first-order valence-electron chi connectivity index (χ1n) is 11.0. The monoisotopic (exact) mass is 364 g/mol. The van der Waals surface area contributed by atoms with Crippen LogP contribution in [0.15, 0.2) is 0 Å². The van der Waals surface area contributed by atoms with Gasteiger partial charge < -0.3 is 10.6 Å². The Morgan fingerprint density at radius 2 is 1.46 bits per heavy atom. The third-order valence-corrected chi connectivity index (χ3v) is 6.63. The summed E-state index contributed by atoms with van der Waals surface area (Å²) >= 11 is 0. The lowest BCUT2D eigenvalue weighted by Crippen LogP contribution is -2.45. The SMILES string of the molecule is CN[C@@H](CCC1CCCCC1)C(=O)CN[C@@H](CC1CCCCC1)C(C)=O. The summed E-state index contributed by atoms with van der Waals surface area (Å²) in [5.41, 5.74) is 0. The van der Waals surface area contributed by atoms with E-state index in [1.807, 2.05) is 7.05 Å². The molecule has 0 heterocycles. The third-order valence-electron chi connectivity index (χ3n) is 6.63. The van der Waals surface area contributed by atoms with Gasteiger partial charge in [-0.15, -0.1) is 0 Å². The van der Waals surface area contributed by atoms with Crippen LogP contribution in [0.2, 0.25) is 0 Å². The van der Waals surface area contributed by atoms with Crippen molar-refractivity contribution in [2.75, 3.05) is 13.6 Å². The number of carbonyl (C=O) groups is 2. The molecule has 4 heteroatoms. The van der Waals surface area contributed by atoms with Gasteiger partial charge in [0, 0.05) is 0 Å². The molecule has 0 aromatic rings. The molecule has 0 aromatic carbocycles. The molecule has 2 atom stereocenters. The summed E-state index contributed by atoms with van der Waals surface area (Å²) < 4.78 is 0. The zero-order valence-corrected chi connectivity index (χ0v) is 17.0. The highest BCUT2D eigenvalue weighted by atomic mass is 16.1. The summed E-state index contributed by atoms with van der Waals surface area (Å²) in [5, 5.41) is 6.48. The van der Waals surface area contributed by atoms with Crippen molar-refractivity contribution in [1.82, 2.24) is 10.6 Å². The highest BCUT2D eigenvalue weighted by Crippen LogP contribution is 2.28. The smallest absolute Gasteiger partial charge is 0.163 e. The molecule has 0 aromatic heterocycles. The molecule has 0 aliphatic heterocycles. The fourth-order valence-corrected chi connectivity index (χ4v) is 4.84. The van der Waals surface area contributed by atoms with E-state index in [0.717, 1.165) is 25.2 Å². The number of likely N-dealkylation sites (N-methyl/N-ethyl adjacent to an activating group) is 1. The lowest BCUT2D eigenvalue weighted by molar-refractivity contribution is -0.121. The van der Waals surface area contributed by atoms with E-state index in [0.29, 0.717) is 12.5 Å². The number of carbonyl (C=O) groups excluding carboxylic acids is 2. The molecule has 0 spiro atoms. The van der Waals surface area contributed by atoms with Crippen molar-refractivity contribution < 1.29 is 9.59 Å². The van der Waals surface area contributed by atoms with Gasteiger partial charge >= 0.3 is 0 Å². The molecule has 2 rings (SSSR count). The van der Waals surface area contributed by atoms with Crippen LogP contribution in [0.5, 0.6) is 0 Å². The molecule has 0 unspecified atom stereocenters. The van der Waals surface area contributed by atoms with E-state index in [4.69, 9.17) is 0 Å². The second kappa shape index (κ2) is 11.9. The summed E-state index contributed by atoms with van der Waals surface area (Å²) in [6.07, 6.45) is 16.1. The van der Waals surface area contributed by atoms with Crippen molar-refractivity contribution in [2.24, 2.45) is 11.8 Å². The molecule has 2 fully saturated rings. The Labute approximate surface area is 160 Å². The fourth-order valence-electron chi connectivity index (χ4n) is 4.84.